The van der Waals surface area contributed by atoms with Crippen LogP contribution in [0, 0.1) is 11.2 Å². The van der Waals surface area contributed by atoms with E-state index < -0.39 is 11.9 Å². The van der Waals surface area contributed by atoms with Crippen molar-refractivity contribution in [3.8, 4) is 11.5 Å². The number of aliphatic hydroxyl groups excluding tert-OH is 1. The number of hydrogen-bond acceptors (Lipinski definition) is 4. The van der Waals surface area contributed by atoms with E-state index in [0.717, 1.165) is 60.3 Å². The molecule has 0 saturated heterocycles. The molecule has 0 amide bonds. The predicted molar refractivity (Wildman–Crippen MR) is 121 cm³/mol. The van der Waals surface area contributed by atoms with Crippen molar-refractivity contribution in [3.63, 3.8) is 0 Å². The fraction of sp³-hybridized carbons (Fsp3) is 0.520. The molecule has 1 aliphatic heterocycles. The molecule has 3 nitrogen and oxygen atoms in total. The minimum atomic E-state index is -0.637. The Morgan fingerprint density at radius 3 is 2.40 bits per heavy atom. The summed E-state index contributed by atoms with van der Waals surface area (Å²) >= 11 is 1.71. The summed E-state index contributed by atoms with van der Waals surface area (Å²) in [6.45, 7) is 4.35. The molecule has 0 saturated carbocycles. The number of ether oxygens (including phenoxy) is 1. The second kappa shape index (κ2) is 10.1. The molecule has 5 heteroatoms. The molecule has 164 valence electrons. The lowest BCUT2D eigenvalue weighted by atomic mass is 9.68. The molecular weight excluding hydrogens is 399 g/mol. The van der Waals surface area contributed by atoms with Gasteiger partial charge < -0.3 is 14.9 Å². The molecule has 0 unspecified atom stereocenters. The van der Waals surface area contributed by atoms with Crippen LogP contribution < -0.4 is 4.74 Å². The van der Waals surface area contributed by atoms with Crippen molar-refractivity contribution >= 4 is 11.8 Å². The van der Waals surface area contributed by atoms with Gasteiger partial charge in [-0.15, -0.1) is 11.8 Å². The Balaban J connectivity index is 2.14. The highest BCUT2D eigenvalue weighted by Gasteiger charge is 2.45. The number of phenolic OH excluding ortho intramolecular Hbond substituents is 1. The average Bonchev–Trinajstić information content (AvgIpc) is 2.85. The number of rotatable bonds is 8. The Labute approximate surface area is 183 Å². The van der Waals surface area contributed by atoms with Crippen LogP contribution in [0.2, 0.25) is 0 Å². The van der Waals surface area contributed by atoms with E-state index in [1.165, 1.54) is 13.2 Å². The Bertz CT molecular complexity index is 846. The van der Waals surface area contributed by atoms with Crippen molar-refractivity contribution < 1.29 is 19.3 Å². The second-order valence-corrected chi connectivity index (χ2v) is 9.41. The van der Waals surface area contributed by atoms with Gasteiger partial charge in [0.1, 0.15) is 5.75 Å². The quantitative estimate of drug-likeness (QED) is 0.499. The molecule has 3 rings (SSSR count). The van der Waals surface area contributed by atoms with Crippen LogP contribution in [-0.2, 0) is 0 Å². The summed E-state index contributed by atoms with van der Waals surface area (Å²) in [5, 5.41) is 21.9. The van der Waals surface area contributed by atoms with Crippen LogP contribution in [0.25, 0.3) is 0 Å². The van der Waals surface area contributed by atoms with E-state index in [1.54, 1.807) is 30.0 Å². The van der Waals surface area contributed by atoms with E-state index in [-0.39, 0.29) is 22.8 Å². The van der Waals surface area contributed by atoms with Gasteiger partial charge >= 0.3 is 0 Å². The molecule has 2 aromatic carbocycles. The zero-order valence-electron chi connectivity index (χ0n) is 18.2. The largest absolute Gasteiger partial charge is 0.508 e. The highest BCUT2D eigenvalue weighted by Crippen LogP contribution is 2.52. The molecule has 0 fully saturated rings. The summed E-state index contributed by atoms with van der Waals surface area (Å²) < 4.78 is 19.7. The van der Waals surface area contributed by atoms with Crippen molar-refractivity contribution in [3.05, 3.63) is 53.3 Å². The predicted octanol–water partition coefficient (Wildman–Crippen LogP) is 6.51. The SMILES string of the molecule is CCCCC1(CCCC)CSc2cc(O)ccc2[C@@H](c2ccc(OC)c(F)c2)[C@H]1O. The van der Waals surface area contributed by atoms with Crippen molar-refractivity contribution in [1.82, 2.24) is 0 Å². The summed E-state index contributed by atoms with van der Waals surface area (Å²) in [5.74, 6) is 0.423. The summed E-state index contributed by atoms with van der Waals surface area (Å²) in [6.07, 6.45) is 5.47. The highest BCUT2D eigenvalue weighted by molar-refractivity contribution is 7.99. The van der Waals surface area contributed by atoms with E-state index >= 15 is 0 Å². The molecule has 2 atom stereocenters. The number of aromatic hydroxyl groups is 1. The summed E-state index contributed by atoms with van der Waals surface area (Å²) in [5.41, 5.74) is 1.43. The summed E-state index contributed by atoms with van der Waals surface area (Å²) in [4.78, 5) is 0.963. The third-order valence-electron chi connectivity index (χ3n) is 6.38. The van der Waals surface area contributed by atoms with E-state index in [2.05, 4.69) is 13.8 Å². The van der Waals surface area contributed by atoms with Gasteiger partial charge in [0.25, 0.3) is 0 Å². The van der Waals surface area contributed by atoms with Gasteiger partial charge in [-0.3, -0.25) is 0 Å². The van der Waals surface area contributed by atoms with Crippen LogP contribution in [0.4, 0.5) is 4.39 Å². The monoisotopic (exact) mass is 432 g/mol. The Morgan fingerprint density at radius 1 is 1.10 bits per heavy atom. The van der Waals surface area contributed by atoms with E-state index in [4.69, 9.17) is 4.74 Å². The molecule has 0 aromatic heterocycles. The first-order valence-electron chi connectivity index (χ1n) is 10.9. The number of benzene rings is 2. The van der Waals surface area contributed by atoms with Crippen molar-refractivity contribution in [2.45, 2.75) is 69.3 Å². The van der Waals surface area contributed by atoms with Crippen molar-refractivity contribution in [2.24, 2.45) is 5.41 Å². The third kappa shape index (κ3) is 4.62. The Morgan fingerprint density at radius 2 is 1.80 bits per heavy atom. The van der Waals surface area contributed by atoms with Gasteiger partial charge in [-0.05, 0) is 48.2 Å². The maximum Gasteiger partial charge on any atom is 0.165 e. The van der Waals surface area contributed by atoms with E-state index in [9.17, 15) is 14.6 Å². The van der Waals surface area contributed by atoms with Gasteiger partial charge in [-0.25, -0.2) is 4.39 Å². The van der Waals surface area contributed by atoms with Gasteiger partial charge in [-0.2, -0.15) is 0 Å². The molecule has 1 aliphatic rings. The minimum Gasteiger partial charge on any atom is -0.508 e. The first-order chi connectivity index (χ1) is 14.5. The van der Waals surface area contributed by atoms with E-state index in [0.29, 0.717) is 0 Å². The molecule has 0 spiro atoms. The lowest BCUT2D eigenvalue weighted by molar-refractivity contribution is 0.0135. The van der Waals surface area contributed by atoms with Crippen LogP contribution in [-0.4, -0.2) is 29.2 Å². The summed E-state index contributed by atoms with van der Waals surface area (Å²) in [6, 6.07) is 10.3. The summed E-state index contributed by atoms with van der Waals surface area (Å²) in [7, 11) is 1.45. The normalized spacial score (nSPS) is 20.4. The smallest absolute Gasteiger partial charge is 0.165 e. The van der Waals surface area contributed by atoms with Gasteiger partial charge in [-0.1, -0.05) is 51.7 Å². The molecule has 2 aromatic rings. The number of phenols is 1. The Kier molecular flexibility index (Phi) is 7.70. The van der Waals surface area contributed by atoms with Crippen LogP contribution in [0.3, 0.4) is 0 Å². The third-order valence-corrected chi connectivity index (χ3v) is 7.77. The van der Waals surface area contributed by atoms with Crippen LogP contribution in [0.15, 0.2) is 41.3 Å². The topological polar surface area (TPSA) is 49.7 Å². The van der Waals surface area contributed by atoms with Crippen molar-refractivity contribution in [2.75, 3.05) is 12.9 Å². The molecule has 2 N–H and O–H groups in total. The highest BCUT2D eigenvalue weighted by atomic mass is 32.2. The number of hydrogen-bond donors (Lipinski definition) is 2. The van der Waals surface area contributed by atoms with Crippen LogP contribution >= 0.6 is 11.8 Å². The van der Waals surface area contributed by atoms with Gasteiger partial charge in [0.05, 0.1) is 13.2 Å². The van der Waals surface area contributed by atoms with Crippen LogP contribution in [0.1, 0.15) is 69.4 Å². The average molecular weight is 433 g/mol. The number of unbranched alkanes of at least 4 members (excludes halogenated alkanes) is 2. The molecule has 0 bridgehead atoms. The van der Waals surface area contributed by atoms with Crippen LogP contribution in [0.5, 0.6) is 11.5 Å². The maximum atomic E-state index is 14.6. The lowest BCUT2D eigenvalue weighted by Crippen LogP contribution is -2.41. The molecule has 0 aliphatic carbocycles. The molecule has 1 heterocycles. The molecular formula is C25H33FO3S. The van der Waals surface area contributed by atoms with E-state index in [1.807, 2.05) is 12.1 Å². The first kappa shape index (κ1) is 23.0. The number of thioether (sulfide) groups is 1. The lowest BCUT2D eigenvalue weighted by Gasteiger charge is -2.40. The number of aliphatic hydroxyl groups is 1. The number of fused-ring (bicyclic) bond motifs is 1. The second-order valence-electron chi connectivity index (χ2n) is 8.40. The number of halogens is 1. The number of methoxy groups -OCH3 is 1. The first-order valence-corrected chi connectivity index (χ1v) is 11.9. The maximum absolute atomic E-state index is 14.6. The molecule has 0 radical (unpaired) electrons. The van der Waals surface area contributed by atoms with Gasteiger partial charge in [0.2, 0.25) is 0 Å². The minimum absolute atomic E-state index is 0.199. The van der Waals surface area contributed by atoms with Crippen molar-refractivity contribution in [1.29, 1.82) is 0 Å². The zero-order chi connectivity index (χ0) is 21.7. The Hall–Kier alpha value is -1.72. The zero-order valence-corrected chi connectivity index (χ0v) is 19.0. The molecule has 30 heavy (non-hydrogen) atoms. The van der Waals surface area contributed by atoms with Gasteiger partial charge in [0.15, 0.2) is 11.6 Å². The van der Waals surface area contributed by atoms with Gasteiger partial charge in [0, 0.05) is 22.0 Å². The fourth-order valence-electron chi connectivity index (χ4n) is 4.60. The standard InChI is InChI=1S/C25H33FO3S/c1-4-6-12-25(13-7-5-2)16-30-22-15-18(27)9-10-19(22)23(24(25)28)17-8-11-21(29-3)20(26)14-17/h8-11,14-15,23-24,27-28H,4-7,12-13,16H2,1-3H3/t23-,24-/m1/s1. The fourth-order valence-corrected chi connectivity index (χ4v) is 6.06.